The zero-order chi connectivity index (χ0) is 24.3. The summed E-state index contributed by atoms with van der Waals surface area (Å²) in [6, 6.07) is 2.50. The molecule has 0 aromatic carbocycles. The fraction of sp³-hybridized carbons (Fsp3) is 0.350. The first-order valence-corrected chi connectivity index (χ1v) is 10.2. The standard InChI is InChI=1S/C20H21ClF3N7O2/c1-5-33-18-10(3)13(7-14(21)27-18)26-19(32)25-8-12-6-9(2)16(30-29-12)15-11(4)28-31-17(15)20(22,23)24/h6-7H,5,8H2,1-4H3,(H,28,31)(H2,25,26,27,32). The number of aromatic nitrogens is 5. The van der Waals surface area contributed by atoms with Gasteiger partial charge in [0.25, 0.3) is 0 Å². The highest BCUT2D eigenvalue weighted by molar-refractivity contribution is 6.29. The van der Waals surface area contributed by atoms with E-state index in [1.807, 2.05) is 0 Å². The van der Waals surface area contributed by atoms with Gasteiger partial charge in [-0.2, -0.15) is 23.4 Å². The number of amides is 2. The van der Waals surface area contributed by atoms with Gasteiger partial charge in [-0.1, -0.05) is 11.6 Å². The van der Waals surface area contributed by atoms with E-state index in [0.717, 1.165) is 0 Å². The fourth-order valence-electron chi connectivity index (χ4n) is 3.10. The number of pyridine rings is 1. The third kappa shape index (κ3) is 5.51. The molecule has 3 heterocycles. The van der Waals surface area contributed by atoms with E-state index in [0.29, 0.717) is 35.0 Å². The van der Waals surface area contributed by atoms with E-state index in [-0.39, 0.29) is 28.6 Å². The molecule has 0 atom stereocenters. The number of anilines is 1. The molecule has 9 nitrogen and oxygen atoms in total. The number of aromatic amines is 1. The number of hydrogen-bond donors (Lipinski definition) is 3. The lowest BCUT2D eigenvalue weighted by molar-refractivity contribution is -0.140. The first-order valence-electron chi connectivity index (χ1n) is 9.81. The van der Waals surface area contributed by atoms with E-state index in [9.17, 15) is 18.0 Å². The number of rotatable bonds is 6. The summed E-state index contributed by atoms with van der Waals surface area (Å²) < 4.78 is 45.2. The van der Waals surface area contributed by atoms with Crippen LogP contribution < -0.4 is 15.4 Å². The Morgan fingerprint density at radius 2 is 1.94 bits per heavy atom. The maximum Gasteiger partial charge on any atom is 0.435 e. The maximum absolute atomic E-state index is 13.3. The molecule has 0 spiro atoms. The number of urea groups is 1. The average Bonchev–Trinajstić information content (AvgIpc) is 3.12. The lowest BCUT2D eigenvalue weighted by Crippen LogP contribution is -2.29. The van der Waals surface area contributed by atoms with Crippen molar-refractivity contribution in [2.45, 2.75) is 40.4 Å². The molecule has 0 saturated heterocycles. The molecular formula is C20H21ClF3N7O2. The van der Waals surface area contributed by atoms with Gasteiger partial charge in [-0.05, 0) is 45.4 Å². The van der Waals surface area contributed by atoms with E-state index in [2.05, 4.69) is 36.0 Å². The summed E-state index contributed by atoms with van der Waals surface area (Å²) in [6.45, 7) is 6.99. The molecule has 3 rings (SSSR count). The predicted octanol–water partition coefficient (Wildman–Crippen LogP) is 4.58. The zero-order valence-corrected chi connectivity index (χ0v) is 18.9. The summed E-state index contributed by atoms with van der Waals surface area (Å²) in [5, 5.41) is 19.0. The Balaban J connectivity index is 1.72. The number of aryl methyl sites for hydroxylation is 2. The van der Waals surface area contributed by atoms with Crippen molar-refractivity contribution in [3.05, 3.63) is 45.5 Å². The molecule has 0 aliphatic rings. The Morgan fingerprint density at radius 3 is 2.58 bits per heavy atom. The first kappa shape index (κ1) is 24.2. The van der Waals surface area contributed by atoms with E-state index in [1.165, 1.54) is 13.0 Å². The fourth-order valence-corrected chi connectivity index (χ4v) is 3.28. The van der Waals surface area contributed by atoms with Crippen molar-refractivity contribution in [3.8, 4) is 17.1 Å². The highest BCUT2D eigenvalue weighted by atomic mass is 35.5. The highest BCUT2D eigenvalue weighted by Crippen LogP contribution is 2.37. The second-order valence-electron chi connectivity index (χ2n) is 7.10. The van der Waals surface area contributed by atoms with Crippen LogP contribution in [0.15, 0.2) is 12.1 Å². The van der Waals surface area contributed by atoms with Crippen molar-refractivity contribution in [1.82, 2.24) is 30.7 Å². The molecule has 0 aliphatic carbocycles. The summed E-state index contributed by atoms with van der Waals surface area (Å²) in [5.41, 5.74) is 0.919. The van der Waals surface area contributed by atoms with Crippen molar-refractivity contribution in [2.24, 2.45) is 0 Å². The van der Waals surface area contributed by atoms with E-state index in [4.69, 9.17) is 16.3 Å². The number of halogens is 4. The monoisotopic (exact) mass is 483 g/mol. The molecule has 2 amide bonds. The third-order valence-electron chi connectivity index (χ3n) is 4.64. The molecule has 0 radical (unpaired) electrons. The summed E-state index contributed by atoms with van der Waals surface area (Å²) in [4.78, 5) is 16.4. The van der Waals surface area contributed by atoms with Crippen molar-refractivity contribution >= 4 is 23.3 Å². The molecule has 0 aliphatic heterocycles. The van der Waals surface area contributed by atoms with Crippen molar-refractivity contribution in [1.29, 1.82) is 0 Å². The molecule has 0 fully saturated rings. The van der Waals surface area contributed by atoms with Crippen LogP contribution in [-0.2, 0) is 12.7 Å². The molecular weight excluding hydrogens is 463 g/mol. The lowest BCUT2D eigenvalue weighted by Gasteiger charge is -2.13. The molecule has 176 valence electrons. The second-order valence-corrected chi connectivity index (χ2v) is 7.49. The van der Waals surface area contributed by atoms with Crippen LogP contribution in [0.25, 0.3) is 11.3 Å². The highest BCUT2D eigenvalue weighted by Gasteiger charge is 2.38. The molecule has 33 heavy (non-hydrogen) atoms. The summed E-state index contributed by atoms with van der Waals surface area (Å²) >= 11 is 5.98. The third-order valence-corrected chi connectivity index (χ3v) is 4.84. The van der Waals surface area contributed by atoms with Gasteiger partial charge in [0.2, 0.25) is 5.88 Å². The molecule has 13 heteroatoms. The Morgan fingerprint density at radius 1 is 1.21 bits per heavy atom. The van der Waals surface area contributed by atoms with E-state index < -0.39 is 17.9 Å². The van der Waals surface area contributed by atoms with Gasteiger partial charge in [-0.25, -0.2) is 9.78 Å². The van der Waals surface area contributed by atoms with Crippen LogP contribution in [0.4, 0.5) is 23.7 Å². The van der Waals surface area contributed by atoms with Gasteiger partial charge < -0.3 is 15.4 Å². The van der Waals surface area contributed by atoms with Crippen molar-refractivity contribution < 1.29 is 22.7 Å². The van der Waals surface area contributed by atoms with Crippen molar-refractivity contribution in [2.75, 3.05) is 11.9 Å². The van der Waals surface area contributed by atoms with Gasteiger partial charge in [0, 0.05) is 11.3 Å². The normalized spacial score (nSPS) is 11.4. The zero-order valence-electron chi connectivity index (χ0n) is 18.2. The molecule has 3 aromatic heterocycles. The minimum Gasteiger partial charge on any atom is -0.478 e. The summed E-state index contributed by atoms with van der Waals surface area (Å²) in [6.07, 6.45) is -4.64. The summed E-state index contributed by atoms with van der Waals surface area (Å²) in [5.74, 6) is 0.310. The largest absolute Gasteiger partial charge is 0.478 e. The predicted molar refractivity (Wildman–Crippen MR) is 115 cm³/mol. The number of nitrogens with one attached hydrogen (secondary N) is 3. The second kappa shape index (κ2) is 9.61. The van der Waals surface area contributed by atoms with Gasteiger partial charge in [0.15, 0.2) is 5.69 Å². The quantitative estimate of drug-likeness (QED) is 0.442. The SMILES string of the molecule is CCOc1nc(Cl)cc(NC(=O)NCc2cc(C)c(-c3c(C(F)(F)F)n[nH]c3C)nn2)c1C. The minimum absolute atomic E-state index is 0.00731. The number of hydrogen-bond acceptors (Lipinski definition) is 6. The van der Waals surface area contributed by atoms with Gasteiger partial charge >= 0.3 is 12.2 Å². The number of H-pyrrole nitrogens is 1. The van der Waals surface area contributed by atoms with Gasteiger partial charge in [0.1, 0.15) is 5.15 Å². The first-order chi connectivity index (χ1) is 15.5. The van der Waals surface area contributed by atoms with Crippen LogP contribution in [0.3, 0.4) is 0 Å². The smallest absolute Gasteiger partial charge is 0.435 e. The molecule has 0 bridgehead atoms. The maximum atomic E-state index is 13.3. The number of alkyl halides is 3. The number of carbonyl (C=O) groups excluding carboxylic acids is 1. The van der Waals surface area contributed by atoms with Crippen LogP contribution in [-0.4, -0.2) is 38.0 Å². The van der Waals surface area contributed by atoms with Gasteiger partial charge in [0.05, 0.1) is 35.8 Å². The number of carbonyl (C=O) groups is 1. The summed E-state index contributed by atoms with van der Waals surface area (Å²) in [7, 11) is 0. The lowest BCUT2D eigenvalue weighted by atomic mass is 10.0. The number of nitrogens with zero attached hydrogens (tertiary/aromatic N) is 4. The van der Waals surface area contributed by atoms with Gasteiger partial charge in [-0.3, -0.25) is 5.10 Å². The number of ether oxygens (including phenoxy) is 1. The Hall–Kier alpha value is -3.41. The Bertz CT molecular complexity index is 1180. The topological polar surface area (TPSA) is 118 Å². The van der Waals surface area contributed by atoms with Crippen LogP contribution in [0.5, 0.6) is 5.88 Å². The van der Waals surface area contributed by atoms with E-state index in [1.54, 1.807) is 26.8 Å². The molecule has 3 aromatic rings. The molecule has 0 saturated carbocycles. The van der Waals surface area contributed by atoms with E-state index >= 15 is 0 Å². The van der Waals surface area contributed by atoms with Crippen LogP contribution >= 0.6 is 11.6 Å². The molecule has 3 N–H and O–H groups in total. The molecule has 0 unspecified atom stereocenters. The van der Waals surface area contributed by atoms with Crippen LogP contribution in [0.2, 0.25) is 5.15 Å². The van der Waals surface area contributed by atoms with Crippen LogP contribution in [0.1, 0.15) is 35.1 Å². The average molecular weight is 484 g/mol. The van der Waals surface area contributed by atoms with Crippen LogP contribution in [0, 0.1) is 20.8 Å². The Kier molecular flexibility index (Phi) is 7.06. The van der Waals surface area contributed by atoms with Crippen molar-refractivity contribution in [3.63, 3.8) is 0 Å². The Labute approximate surface area is 192 Å². The minimum atomic E-state index is -4.64. The van der Waals surface area contributed by atoms with Gasteiger partial charge in [-0.15, -0.1) is 5.10 Å².